The Morgan fingerprint density at radius 1 is 0.755 bits per heavy atom. The first-order valence-corrected chi connectivity index (χ1v) is 16.6. The third-order valence-electron chi connectivity index (χ3n) is 7.87. The van der Waals surface area contributed by atoms with E-state index in [4.69, 9.17) is 0 Å². The molecule has 258 valence electrons. The van der Waals surface area contributed by atoms with Gasteiger partial charge in [-0.2, -0.15) is 41.5 Å². The topological polar surface area (TPSA) is 0 Å². The van der Waals surface area contributed by atoms with Gasteiger partial charge < -0.3 is 24.8 Å². The monoisotopic (exact) mass is 790 g/mol. The number of hydrogen-bond donors (Lipinski definition) is 0. The van der Waals surface area contributed by atoms with Crippen LogP contribution < -0.4 is 24.8 Å². The Bertz CT molecular complexity index is 1660. The summed E-state index contributed by atoms with van der Waals surface area (Å²) in [4.78, 5) is 0. The van der Waals surface area contributed by atoms with Crippen LogP contribution in [0.15, 0.2) is 109 Å². The fraction of sp³-hybridized carbons (Fsp3) is 0.275. The van der Waals surface area contributed by atoms with E-state index in [1.807, 2.05) is 6.07 Å². The van der Waals surface area contributed by atoms with E-state index >= 15 is 0 Å². The first kappa shape index (κ1) is 42.4. The smallest absolute Gasteiger partial charge is 0.0253 e. The van der Waals surface area contributed by atoms with Gasteiger partial charge in [0.05, 0.1) is 0 Å². The minimum atomic E-state index is -4.49. The molecule has 1 unspecified atom stereocenters. The van der Waals surface area contributed by atoms with Gasteiger partial charge in [0.1, 0.15) is 0 Å². The van der Waals surface area contributed by atoms with Gasteiger partial charge in [-0.05, 0) is 6.42 Å². The van der Waals surface area contributed by atoms with E-state index < -0.39 is 23.5 Å². The molecule has 6 rings (SSSR count). The van der Waals surface area contributed by atoms with E-state index in [0.717, 1.165) is 54.9 Å². The number of hydrogen-bond acceptors (Lipinski definition) is 0. The summed E-state index contributed by atoms with van der Waals surface area (Å²) in [6, 6.07) is 27.3. The molecule has 0 fully saturated rings. The summed E-state index contributed by atoms with van der Waals surface area (Å²) in [5.41, 5.74) is 6.15. The minimum absolute atomic E-state index is 0. The second kappa shape index (κ2) is 18.0. The van der Waals surface area contributed by atoms with Gasteiger partial charge in [0, 0.05) is 0 Å². The van der Waals surface area contributed by atoms with Crippen LogP contribution in [0.25, 0.3) is 11.1 Å². The molecular formula is C40H36Cl2F6Zr-2. The first-order chi connectivity index (χ1) is 22.1. The van der Waals surface area contributed by atoms with Gasteiger partial charge in [-0.1, -0.05) is 87.3 Å². The summed E-state index contributed by atoms with van der Waals surface area (Å²) < 4.78 is 76.7. The van der Waals surface area contributed by atoms with Crippen LogP contribution in [0.5, 0.6) is 0 Å². The van der Waals surface area contributed by atoms with Crippen molar-refractivity contribution < 1.29 is 75.4 Å². The maximum absolute atomic E-state index is 12.7. The number of allylic oxidation sites excluding steroid dienone is 4. The zero-order chi connectivity index (χ0) is 34.4. The Morgan fingerprint density at radius 3 is 1.82 bits per heavy atom. The molecule has 0 saturated carbocycles. The second-order valence-electron chi connectivity index (χ2n) is 12.5. The van der Waals surface area contributed by atoms with Crippen molar-refractivity contribution >= 4 is 3.21 Å². The molecule has 4 aromatic carbocycles. The third kappa shape index (κ3) is 11.7. The molecule has 0 amide bonds. The van der Waals surface area contributed by atoms with Crippen LogP contribution in [-0.2, 0) is 43.0 Å². The fourth-order valence-electron chi connectivity index (χ4n) is 5.32. The maximum atomic E-state index is 12.7. The molecule has 49 heavy (non-hydrogen) atoms. The van der Waals surface area contributed by atoms with E-state index in [0.29, 0.717) is 14.5 Å². The molecule has 0 N–H and O–H groups in total. The van der Waals surface area contributed by atoms with Gasteiger partial charge in [0.15, 0.2) is 0 Å². The van der Waals surface area contributed by atoms with Gasteiger partial charge in [-0.25, -0.2) is 6.08 Å². The number of alkyl halides is 6. The van der Waals surface area contributed by atoms with Crippen molar-refractivity contribution in [1.29, 1.82) is 0 Å². The molecule has 0 aliphatic heterocycles. The minimum Gasteiger partial charge on any atom is -1.00 e. The molecule has 2 aliphatic rings. The molecule has 0 heterocycles. The van der Waals surface area contributed by atoms with Gasteiger partial charge in [-0.15, -0.1) is 5.56 Å². The number of fused-ring (bicyclic) bond motifs is 3. The molecule has 0 radical (unpaired) electrons. The Kier molecular flexibility index (Phi) is 15.6. The van der Waals surface area contributed by atoms with Gasteiger partial charge >= 0.3 is 137 Å². The molecule has 4 aromatic rings. The Hall–Kier alpha value is -2.73. The van der Waals surface area contributed by atoms with Crippen LogP contribution in [0.2, 0.25) is 0 Å². The van der Waals surface area contributed by atoms with Crippen LogP contribution >= 0.6 is 0 Å². The Labute approximate surface area is 312 Å². The molecule has 0 saturated heterocycles. The van der Waals surface area contributed by atoms with Crippen molar-refractivity contribution in [2.24, 2.45) is 11.3 Å². The van der Waals surface area contributed by atoms with Crippen molar-refractivity contribution in [1.82, 2.24) is 0 Å². The zero-order valence-corrected chi connectivity index (χ0v) is 31.5. The van der Waals surface area contributed by atoms with E-state index in [1.165, 1.54) is 64.9 Å². The van der Waals surface area contributed by atoms with E-state index in [9.17, 15) is 26.3 Å². The molecule has 9 heteroatoms. The van der Waals surface area contributed by atoms with Crippen LogP contribution in [0.4, 0.5) is 26.3 Å². The fourth-order valence-corrected chi connectivity index (χ4v) is 6.08. The Morgan fingerprint density at radius 2 is 1.31 bits per heavy atom. The Balaban J connectivity index is 0.000000265. The second-order valence-corrected chi connectivity index (χ2v) is 13.7. The summed E-state index contributed by atoms with van der Waals surface area (Å²) in [5.74, 6) is 0.587. The largest absolute Gasteiger partial charge is 1.00 e. The quantitative estimate of drug-likeness (QED) is 0.163. The number of halogens is 8. The molecule has 0 aromatic heterocycles. The predicted molar refractivity (Wildman–Crippen MR) is 173 cm³/mol. The molecule has 2 aliphatic carbocycles. The van der Waals surface area contributed by atoms with Crippen LogP contribution in [0, 0.1) is 23.5 Å². The van der Waals surface area contributed by atoms with Gasteiger partial charge in [0.2, 0.25) is 0 Å². The standard InChI is InChI=1S/C15H8F6.C13H9.C12H19.2ClH.Zr/c16-14(17,18)12-5-1-3-10(8-12)7-11-4-2-6-13(9-11)15(19,20)21;1-3-7-12-10(5-1)9-11-6-2-4-8-13(11)12;1-5-6-10-7-8-11(9-10)12(2,3)4;;;/h1-6,8-9H;1-5,7-8H,9H2;8-10H,5-6H2,1-4H3;2*1H;/q;2*-1;;;+2/p-2. The predicted octanol–water partition coefficient (Wildman–Crippen LogP) is 5.65. The van der Waals surface area contributed by atoms with Crippen LogP contribution in [-0.4, -0.2) is 3.21 Å². The van der Waals surface area contributed by atoms with E-state index in [2.05, 4.69) is 88.4 Å². The summed E-state index contributed by atoms with van der Waals surface area (Å²) in [6.45, 7) is 8.99. The van der Waals surface area contributed by atoms with Gasteiger partial charge in [-0.3, -0.25) is 6.08 Å². The number of benzene rings is 4. The normalized spacial score (nSPS) is 14.4. The van der Waals surface area contributed by atoms with Gasteiger partial charge in [0.25, 0.3) is 0 Å². The summed E-state index contributed by atoms with van der Waals surface area (Å²) in [5, 5.41) is 0. The van der Waals surface area contributed by atoms with Crippen molar-refractivity contribution in [2.45, 2.75) is 59.3 Å². The van der Waals surface area contributed by atoms with Crippen molar-refractivity contribution in [2.75, 3.05) is 0 Å². The van der Waals surface area contributed by atoms with Crippen LogP contribution in [0.1, 0.15) is 73.9 Å². The van der Waals surface area contributed by atoms with Crippen molar-refractivity contribution in [3.05, 3.63) is 154 Å². The average Bonchev–Trinajstić information content (AvgIpc) is 3.66. The molecular weight excluding hydrogens is 757 g/mol. The molecule has 0 bridgehead atoms. The van der Waals surface area contributed by atoms with E-state index in [1.54, 1.807) is 0 Å². The van der Waals surface area contributed by atoms with Crippen LogP contribution in [0.3, 0.4) is 0 Å². The third-order valence-corrected chi connectivity index (χ3v) is 9.29. The molecule has 1 atom stereocenters. The first-order valence-electron chi connectivity index (χ1n) is 15.4. The number of rotatable bonds is 4. The summed E-state index contributed by atoms with van der Waals surface area (Å²) in [6.07, 6.45) is 2.50. The summed E-state index contributed by atoms with van der Waals surface area (Å²) >= 11 is 0.729. The van der Waals surface area contributed by atoms with Crippen molar-refractivity contribution in [3.63, 3.8) is 0 Å². The average molecular weight is 793 g/mol. The summed E-state index contributed by atoms with van der Waals surface area (Å²) in [7, 11) is 0. The van der Waals surface area contributed by atoms with Crippen molar-refractivity contribution in [3.8, 4) is 11.1 Å². The molecule has 0 nitrogen and oxygen atoms in total. The zero-order valence-electron chi connectivity index (χ0n) is 27.5. The SMILES string of the molecule is CCCC1[C-]=CC(C(C)(C)C)=C1.FC(F)(F)c1cccc([C](=[Zr+2])c2cccc(C(F)(F)F)c2)c1.[Cl-].[Cl-].[c-]1cccc2c1Cc1ccccc1-2. The molecule has 0 spiro atoms. The maximum Gasteiger partial charge on any atom is -0.0253 e. The van der Waals surface area contributed by atoms with E-state index in [-0.39, 0.29) is 35.9 Å².